The van der Waals surface area contributed by atoms with Crippen molar-refractivity contribution in [3.8, 4) is 0 Å². The van der Waals surface area contributed by atoms with Gasteiger partial charge in [-0.3, -0.25) is 0 Å². The summed E-state index contributed by atoms with van der Waals surface area (Å²) < 4.78 is 32.4. The molecule has 0 saturated carbocycles. The molecule has 5 nitrogen and oxygen atoms in total. The summed E-state index contributed by atoms with van der Waals surface area (Å²) in [5.41, 5.74) is 0.819. The highest BCUT2D eigenvalue weighted by molar-refractivity contribution is 7.89. The number of hydrogen-bond donors (Lipinski definition) is 1. The molecule has 1 aliphatic rings. The van der Waals surface area contributed by atoms with E-state index in [0.717, 1.165) is 29.9 Å². The molecule has 0 amide bonds. The van der Waals surface area contributed by atoms with Crippen molar-refractivity contribution in [2.24, 2.45) is 0 Å². The van der Waals surface area contributed by atoms with Crippen LogP contribution in [-0.4, -0.2) is 46.1 Å². The van der Waals surface area contributed by atoms with Gasteiger partial charge in [0.15, 0.2) is 0 Å². The zero-order chi connectivity index (χ0) is 14.8. The first kappa shape index (κ1) is 15.9. The van der Waals surface area contributed by atoms with Gasteiger partial charge in [0.2, 0.25) is 10.0 Å². The molecule has 0 spiro atoms. The second-order valence-electron chi connectivity index (χ2n) is 5.12. The lowest BCUT2D eigenvalue weighted by Gasteiger charge is -2.21. The molecule has 0 aromatic carbocycles. The van der Waals surface area contributed by atoms with Crippen LogP contribution in [0.25, 0.3) is 0 Å². The van der Waals surface area contributed by atoms with E-state index in [0.29, 0.717) is 18.0 Å². The van der Waals surface area contributed by atoms with E-state index >= 15 is 0 Å². The monoisotopic (exact) mass is 318 g/mol. The first-order valence-corrected chi connectivity index (χ1v) is 9.08. The van der Waals surface area contributed by atoms with Crippen LogP contribution in [0.1, 0.15) is 23.3 Å². The summed E-state index contributed by atoms with van der Waals surface area (Å²) in [4.78, 5) is 1.32. The van der Waals surface area contributed by atoms with Crippen LogP contribution < -0.4 is 5.32 Å². The summed E-state index contributed by atoms with van der Waals surface area (Å²) >= 11 is 1.49. The van der Waals surface area contributed by atoms with Gasteiger partial charge >= 0.3 is 0 Å². The van der Waals surface area contributed by atoms with Crippen molar-refractivity contribution < 1.29 is 13.2 Å². The molecule has 1 fully saturated rings. The Morgan fingerprint density at radius 1 is 1.55 bits per heavy atom. The normalized spacial score (nSPS) is 19.9. The van der Waals surface area contributed by atoms with E-state index in [9.17, 15) is 8.42 Å². The maximum atomic E-state index is 12.7. The van der Waals surface area contributed by atoms with Gasteiger partial charge in [-0.25, -0.2) is 8.42 Å². The quantitative estimate of drug-likeness (QED) is 0.865. The third-order valence-electron chi connectivity index (χ3n) is 3.48. The molecule has 1 aliphatic heterocycles. The SMILES string of the molecule is CNCc1scc(C)c1S(=O)(=O)N(C)CC1CCCO1. The van der Waals surface area contributed by atoms with Crippen molar-refractivity contribution in [2.45, 2.75) is 37.3 Å². The Kier molecular flexibility index (Phi) is 5.19. The molecule has 0 radical (unpaired) electrons. The third-order valence-corrected chi connectivity index (χ3v) is 6.77. The van der Waals surface area contributed by atoms with Crippen LogP contribution in [-0.2, 0) is 21.3 Å². The minimum Gasteiger partial charge on any atom is -0.377 e. The number of nitrogens with zero attached hydrogens (tertiary/aromatic N) is 1. The van der Waals surface area contributed by atoms with Crippen molar-refractivity contribution in [3.05, 3.63) is 15.8 Å². The van der Waals surface area contributed by atoms with E-state index in [1.165, 1.54) is 15.6 Å². The molecule has 0 aliphatic carbocycles. The van der Waals surface area contributed by atoms with E-state index in [4.69, 9.17) is 4.74 Å². The molecule has 1 unspecified atom stereocenters. The van der Waals surface area contributed by atoms with Gasteiger partial charge in [0.1, 0.15) is 4.90 Å². The van der Waals surface area contributed by atoms with Crippen molar-refractivity contribution >= 4 is 21.4 Å². The number of sulfonamides is 1. The zero-order valence-electron chi connectivity index (χ0n) is 12.2. The summed E-state index contributed by atoms with van der Waals surface area (Å²) in [6.45, 7) is 3.58. The lowest BCUT2D eigenvalue weighted by Crippen LogP contribution is -2.34. The molecular weight excluding hydrogens is 296 g/mol. The van der Waals surface area contributed by atoms with Crippen LogP contribution in [0.3, 0.4) is 0 Å². The van der Waals surface area contributed by atoms with E-state index in [1.807, 2.05) is 19.4 Å². The average molecular weight is 318 g/mol. The molecule has 2 heterocycles. The molecule has 7 heteroatoms. The fourth-order valence-corrected chi connectivity index (χ4v) is 5.41. The summed E-state index contributed by atoms with van der Waals surface area (Å²) in [7, 11) is 0.0143. The van der Waals surface area contributed by atoms with Crippen molar-refractivity contribution in [3.63, 3.8) is 0 Å². The Morgan fingerprint density at radius 3 is 2.90 bits per heavy atom. The maximum Gasteiger partial charge on any atom is 0.244 e. The number of nitrogens with one attached hydrogen (secondary N) is 1. The van der Waals surface area contributed by atoms with Crippen LogP contribution in [0.2, 0.25) is 0 Å². The standard InChI is InChI=1S/C13H22N2O3S2/c1-10-9-19-12(7-14-2)13(10)20(16,17)15(3)8-11-5-4-6-18-11/h9,11,14H,4-8H2,1-3H3. The van der Waals surface area contributed by atoms with Gasteiger partial charge in [-0.05, 0) is 37.8 Å². The van der Waals surface area contributed by atoms with Gasteiger partial charge in [-0.2, -0.15) is 4.31 Å². The van der Waals surface area contributed by atoms with Crippen LogP contribution in [0.5, 0.6) is 0 Å². The summed E-state index contributed by atoms with van der Waals surface area (Å²) in [5.74, 6) is 0. The number of ether oxygens (including phenoxy) is 1. The van der Waals surface area contributed by atoms with Gasteiger partial charge < -0.3 is 10.1 Å². The summed E-state index contributed by atoms with van der Waals surface area (Å²) in [5, 5.41) is 4.93. The largest absolute Gasteiger partial charge is 0.377 e. The first-order chi connectivity index (χ1) is 9.46. The lowest BCUT2D eigenvalue weighted by atomic mass is 10.2. The smallest absolute Gasteiger partial charge is 0.244 e. The molecule has 1 atom stereocenters. The van der Waals surface area contributed by atoms with E-state index < -0.39 is 10.0 Å². The van der Waals surface area contributed by atoms with Gasteiger partial charge in [0.05, 0.1) is 6.10 Å². The fourth-order valence-electron chi connectivity index (χ4n) is 2.45. The number of hydrogen-bond acceptors (Lipinski definition) is 5. The highest BCUT2D eigenvalue weighted by Crippen LogP contribution is 2.29. The lowest BCUT2D eigenvalue weighted by molar-refractivity contribution is 0.0979. The van der Waals surface area contributed by atoms with E-state index in [2.05, 4.69) is 5.32 Å². The van der Waals surface area contributed by atoms with Gasteiger partial charge in [0, 0.05) is 31.6 Å². The Hall–Kier alpha value is -0.470. The summed E-state index contributed by atoms with van der Waals surface area (Å²) in [6.07, 6.45) is 1.98. The van der Waals surface area contributed by atoms with Gasteiger partial charge in [-0.1, -0.05) is 0 Å². The Bertz CT molecular complexity index is 548. The zero-order valence-corrected chi connectivity index (χ0v) is 13.8. The molecule has 1 aromatic heterocycles. The molecule has 114 valence electrons. The number of aryl methyl sites for hydroxylation is 1. The molecule has 1 saturated heterocycles. The minimum absolute atomic E-state index is 0.0291. The van der Waals surface area contributed by atoms with Crippen LogP contribution >= 0.6 is 11.3 Å². The molecule has 0 bridgehead atoms. The Balaban J connectivity index is 2.22. The Labute approximate surface area is 125 Å². The summed E-state index contributed by atoms with van der Waals surface area (Å²) in [6, 6.07) is 0. The van der Waals surface area contributed by atoms with Gasteiger partial charge in [0.25, 0.3) is 0 Å². The molecule has 2 rings (SSSR count). The highest BCUT2D eigenvalue weighted by Gasteiger charge is 2.30. The number of likely N-dealkylation sites (N-methyl/N-ethyl adjacent to an activating group) is 1. The highest BCUT2D eigenvalue weighted by atomic mass is 32.2. The van der Waals surface area contributed by atoms with Crippen molar-refractivity contribution in [1.29, 1.82) is 0 Å². The molecule has 1 aromatic rings. The third kappa shape index (κ3) is 3.23. The average Bonchev–Trinajstić information content (AvgIpc) is 3.00. The van der Waals surface area contributed by atoms with Crippen LogP contribution in [0.15, 0.2) is 10.3 Å². The van der Waals surface area contributed by atoms with E-state index in [1.54, 1.807) is 7.05 Å². The maximum absolute atomic E-state index is 12.7. The van der Waals surface area contributed by atoms with Gasteiger partial charge in [-0.15, -0.1) is 11.3 Å². The number of rotatable bonds is 6. The second kappa shape index (κ2) is 6.53. The fraction of sp³-hybridized carbons (Fsp3) is 0.692. The van der Waals surface area contributed by atoms with Crippen molar-refractivity contribution in [1.82, 2.24) is 9.62 Å². The molecular formula is C13H22N2O3S2. The first-order valence-electron chi connectivity index (χ1n) is 6.76. The van der Waals surface area contributed by atoms with Crippen LogP contribution in [0.4, 0.5) is 0 Å². The molecule has 20 heavy (non-hydrogen) atoms. The Morgan fingerprint density at radius 2 is 2.30 bits per heavy atom. The van der Waals surface area contributed by atoms with Crippen LogP contribution in [0, 0.1) is 6.92 Å². The molecule has 1 N–H and O–H groups in total. The van der Waals surface area contributed by atoms with Crippen molar-refractivity contribution in [2.75, 3.05) is 27.2 Å². The predicted molar refractivity (Wildman–Crippen MR) is 80.6 cm³/mol. The van der Waals surface area contributed by atoms with E-state index in [-0.39, 0.29) is 6.10 Å². The topological polar surface area (TPSA) is 58.6 Å². The second-order valence-corrected chi connectivity index (χ2v) is 8.07. The number of thiophene rings is 1. The minimum atomic E-state index is -3.44. The predicted octanol–water partition coefficient (Wildman–Crippen LogP) is 1.58.